The molecule has 1 heterocycles. The van der Waals surface area contributed by atoms with E-state index in [4.69, 9.17) is 17.3 Å². The first-order chi connectivity index (χ1) is 6.18. The Kier molecular flexibility index (Phi) is 2.26. The average Bonchev–Trinajstić information content (AvgIpc) is 2.91. The number of hydrogen-bond donors (Lipinski definition) is 1. The van der Waals surface area contributed by atoms with Gasteiger partial charge in [-0.2, -0.15) is 0 Å². The predicted octanol–water partition coefficient (Wildman–Crippen LogP) is 2.45. The number of aryl methyl sites for hydroxylation is 1. The molecule has 0 saturated heterocycles. The largest absolute Gasteiger partial charge is 0.324 e. The molecular formula is C10H13ClN2. The minimum Gasteiger partial charge on any atom is -0.324 e. The van der Waals surface area contributed by atoms with Gasteiger partial charge >= 0.3 is 0 Å². The van der Waals surface area contributed by atoms with Gasteiger partial charge in [-0.05, 0) is 37.3 Å². The molecule has 0 radical (unpaired) electrons. The number of nitrogens with two attached hydrogens (primary N) is 1. The van der Waals surface area contributed by atoms with Crippen LogP contribution in [0.25, 0.3) is 0 Å². The molecule has 2 rings (SSSR count). The third kappa shape index (κ3) is 1.84. The van der Waals surface area contributed by atoms with Crippen LogP contribution < -0.4 is 5.73 Å². The zero-order chi connectivity index (χ0) is 9.42. The summed E-state index contributed by atoms with van der Waals surface area (Å²) in [5.41, 5.74) is 8.17. The Bertz CT molecular complexity index is 321. The Labute approximate surface area is 83.1 Å². The molecule has 1 fully saturated rings. The van der Waals surface area contributed by atoms with Gasteiger partial charge in [-0.15, -0.1) is 0 Å². The highest BCUT2D eigenvalue weighted by molar-refractivity contribution is 6.30. The SMILES string of the molecule is Cc1cnc(Cl)c(C(N)C2CC2)c1. The van der Waals surface area contributed by atoms with Crippen molar-refractivity contribution in [2.24, 2.45) is 11.7 Å². The molecule has 0 bridgehead atoms. The first-order valence-corrected chi connectivity index (χ1v) is 4.94. The Morgan fingerprint density at radius 2 is 2.31 bits per heavy atom. The molecule has 0 amide bonds. The van der Waals surface area contributed by atoms with Crippen molar-refractivity contribution in [3.63, 3.8) is 0 Å². The summed E-state index contributed by atoms with van der Waals surface area (Å²) in [4.78, 5) is 4.10. The molecule has 1 aromatic rings. The van der Waals surface area contributed by atoms with Crippen molar-refractivity contribution < 1.29 is 0 Å². The van der Waals surface area contributed by atoms with Crippen molar-refractivity contribution in [1.82, 2.24) is 4.98 Å². The molecule has 2 nitrogen and oxygen atoms in total. The quantitative estimate of drug-likeness (QED) is 0.739. The molecule has 1 atom stereocenters. The Balaban J connectivity index is 2.31. The van der Waals surface area contributed by atoms with Crippen LogP contribution in [-0.2, 0) is 0 Å². The zero-order valence-electron chi connectivity index (χ0n) is 7.63. The lowest BCUT2D eigenvalue weighted by atomic mass is 10.0. The summed E-state index contributed by atoms with van der Waals surface area (Å²) < 4.78 is 0. The van der Waals surface area contributed by atoms with Gasteiger partial charge in [0.2, 0.25) is 0 Å². The molecule has 1 aliphatic rings. The number of hydrogen-bond acceptors (Lipinski definition) is 2. The molecule has 3 heteroatoms. The van der Waals surface area contributed by atoms with E-state index in [1.54, 1.807) is 6.20 Å². The van der Waals surface area contributed by atoms with E-state index in [2.05, 4.69) is 4.98 Å². The molecule has 1 unspecified atom stereocenters. The van der Waals surface area contributed by atoms with E-state index >= 15 is 0 Å². The Morgan fingerprint density at radius 3 is 2.92 bits per heavy atom. The van der Waals surface area contributed by atoms with Crippen LogP contribution >= 0.6 is 11.6 Å². The first kappa shape index (κ1) is 8.97. The lowest BCUT2D eigenvalue weighted by Gasteiger charge is -2.12. The average molecular weight is 197 g/mol. The highest BCUT2D eigenvalue weighted by atomic mass is 35.5. The summed E-state index contributed by atoms with van der Waals surface area (Å²) in [7, 11) is 0. The van der Waals surface area contributed by atoms with Gasteiger partial charge in [0.1, 0.15) is 5.15 Å². The minimum absolute atomic E-state index is 0.0832. The van der Waals surface area contributed by atoms with Crippen LogP contribution in [0.5, 0.6) is 0 Å². The Morgan fingerprint density at radius 1 is 1.62 bits per heavy atom. The molecular weight excluding hydrogens is 184 g/mol. The summed E-state index contributed by atoms with van der Waals surface area (Å²) in [6, 6.07) is 2.12. The monoisotopic (exact) mass is 196 g/mol. The van der Waals surface area contributed by atoms with Crippen LogP contribution in [0, 0.1) is 12.8 Å². The van der Waals surface area contributed by atoms with E-state index in [1.807, 2.05) is 13.0 Å². The second-order valence-corrected chi connectivity index (χ2v) is 4.11. The molecule has 0 aromatic carbocycles. The van der Waals surface area contributed by atoms with Gasteiger partial charge in [-0.25, -0.2) is 4.98 Å². The summed E-state index contributed by atoms with van der Waals surface area (Å²) in [6.45, 7) is 2.01. The lowest BCUT2D eigenvalue weighted by molar-refractivity contribution is 0.630. The van der Waals surface area contributed by atoms with Crippen LogP contribution in [0.2, 0.25) is 5.15 Å². The predicted molar refractivity (Wildman–Crippen MR) is 53.6 cm³/mol. The number of halogens is 1. The van der Waals surface area contributed by atoms with Gasteiger partial charge in [-0.1, -0.05) is 11.6 Å². The fraction of sp³-hybridized carbons (Fsp3) is 0.500. The van der Waals surface area contributed by atoms with Gasteiger partial charge in [0.05, 0.1) is 0 Å². The molecule has 1 saturated carbocycles. The molecule has 13 heavy (non-hydrogen) atoms. The van der Waals surface area contributed by atoms with E-state index in [0.717, 1.165) is 11.1 Å². The summed E-state index contributed by atoms with van der Waals surface area (Å²) in [5, 5.41) is 0.560. The van der Waals surface area contributed by atoms with Gasteiger partial charge < -0.3 is 5.73 Å². The standard InChI is InChI=1S/C10H13ClN2/c1-6-4-8(10(11)13-5-6)9(12)7-2-3-7/h4-5,7,9H,2-3,12H2,1H3. The van der Waals surface area contributed by atoms with Crippen molar-refractivity contribution in [2.45, 2.75) is 25.8 Å². The highest BCUT2D eigenvalue weighted by Gasteiger charge is 2.30. The van der Waals surface area contributed by atoms with Crippen LogP contribution in [0.3, 0.4) is 0 Å². The second kappa shape index (κ2) is 3.28. The minimum atomic E-state index is 0.0832. The van der Waals surface area contributed by atoms with E-state index < -0.39 is 0 Å². The molecule has 70 valence electrons. The summed E-state index contributed by atoms with van der Waals surface area (Å²) >= 11 is 5.97. The van der Waals surface area contributed by atoms with Gasteiger partial charge in [0.15, 0.2) is 0 Å². The molecule has 1 aromatic heterocycles. The van der Waals surface area contributed by atoms with Crippen LogP contribution in [0.15, 0.2) is 12.3 Å². The highest BCUT2D eigenvalue weighted by Crippen LogP contribution is 2.40. The number of nitrogens with zero attached hydrogens (tertiary/aromatic N) is 1. The lowest BCUT2D eigenvalue weighted by Crippen LogP contribution is -2.13. The maximum Gasteiger partial charge on any atom is 0.133 e. The van der Waals surface area contributed by atoms with Crippen molar-refractivity contribution in [2.75, 3.05) is 0 Å². The summed E-state index contributed by atoms with van der Waals surface area (Å²) in [5.74, 6) is 0.626. The molecule has 2 N–H and O–H groups in total. The van der Waals surface area contributed by atoms with Crippen molar-refractivity contribution in [3.8, 4) is 0 Å². The van der Waals surface area contributed by atoms with Crippen LogP contribution in [-0.4, -0.2) is 4.98 Å². The molecule has 1 aliphatic carbocycles. The fourth-order valence-corrected chi connectivity index (χ4v) is 1.75. The maximum atomic E-state index is 6.05. The van der Waals surface area contributed by atoms with Crippen molar-refractivity contribution in [3.05, 3.63) is 28.5 Å². The topological polar surface area (TPSA) is 38.9 Å². The Hall–Kier alpha value is -0.600. The van der Waals surface area contributed by atoms with E-state index in [9.17, 15) is 0 Å². The van der Waals surface area contributed by atoms with E-state index in [0.29, 0.717) is 11.1 Å². The maximum absolute atomic E-state index is 6.05. The fourth-order valence-electron chi connectivity index (χ4n) is 1.52. The molecule has 0 spiro atoms. The van der Waals surface area contributed by atoms with E-state index in [1.165, 1.54) is 12.8 Å². The number of pyridine rings is 1. The van der Waals surface area contributed by atoms with E-state index in [-0.39, 0.29) is 6.04 Å². The second-order valence-electron chi connectivity index (χ2n) is 3.76. The number of aromatic nitrogens is 1. The zero-order valence-corrected chi connectivity index (χ0v) is 8.38. The third-order valence-electron chi connectivity index (χ3n) is 2.49. The normalized spacial score (nSPS) is 18.7. The van der Waals surface area contributed by atoms with Crippen molar-refractivity contribution in [1.29, 1.82) is 0 Å². The third-order valence-corrected chi connectivity index (χ3v) is 2.81. The number of rotatable bonds is 2. The van der Waals surface area contributed by atoms with Gasteiger partial charge in [-0.3, -0.25) is 0 Å². The van der Waals surface area contributed by atoms with Crippen molar-refractivity contribution >= 4 is 11.6 Å². The smallest absolute Gasteiger partial charge is 0.133 e. The van der Waals surface area contributed by atoms with Crippen LogP contribution in [0.1, 0.15) is 30.0 Å². The summed E-state index contributed by atoms with van der Waals surface area (Å²) in [6.07, 6.45) is 4.22. The van der Waals surface area contributed by atoms with Gasteiger partial charge in [0.25, 0.3) is 0 Å². The van der Waals surface area contributed by atoms with Gasteiger partial charge in [0, 0.05) is 17.8 Å². The first-order valence-electron chi connectivity index (χ1n) is 4.56. The van der Waals surface area contributed by atoms with Crippen LogP contribution in [0.4, 0.5) is 0 Å². The molecule has 0 aliphatic heterocycles.